The molecule has 0 fully saturated rings. The zero-order valence-electron chi connectivity index (χ0n) is 14.2. The van der Waals surface area contributed by atoms with Crippen LogP contribution in [0.1, 0.15) is 29.0 Å². The quantitative estimate of drug-likeness (QED) is 0.571. The number of nitrogens with one attached hydrogen (secondary N) is 2. The highest BCUT2D eigenvalue weighted by molar-refractivity contribution is 5.93. The van der Waals surface area contributed by atoms with Gasteiger partial charge in [-0.15, -0.1) is 0 Å². The Balaban J connectivity index is 1.51. The van der Waals surface area contributed by atoms with Gasteiger partial charge in [0.1, 0.15) is 0 Å². The summed E-state index contributed by atoms with van der Waals surface area (Å²) in [5.74, 6) is -1.95. The normalized spacial score (nSPS) is 12.3. The summed E-state index contributed by atoms with van der Waals surface area (Å²) in [5.41, 5.74) is 2.17. The van der Waals surface area contributed by atoms with Gasteiger partial charge in [-0.05, 0) is 42.8 Å². The maximum absolute atomic E-state index is 13.4. The molecule has 1 amide bonds. The van der Waals surface area contributed by atoms with Gasteiger partial charge in [-0.25, -0.2) is 8.78 Å². The van der Waals surface area contributed by atoms with Crippen LogP contribution in [0.3, 0.4) is 0 Å². The van der Waals surface area contributed by atoms with Crippen molar-refractivity contribution < 1.29 is 18.1 Å². The van der Waals surface area contributed by atoms with Crippen LogP contribution >= 0.6 is 0 Å². The van der Waals surface area contributed by atoms with E-state index in [2.05, 4.69) is 20.7 Å². The SMILES string of the molecule is C[C@H](NC(=O)c1cc(-c2ccc3[nH]ncc3c2)on1)c1ccc(F)c(F)c1. The first-order valence-corrected chi connectivity index (χ1v) is 8.17. The van der Waals surface area contributed by atoms with Gasteiger partial charge >= 0.3 is 0 Å². The molecule has 2 N–H and O–H groups in total. The number of benzene rings is 2. The summed E-state index contributed by atoms with van der Waals surface area (Å²) < 4.78 is 31.7. The largest absolute Gasteiger partial charge is 0.355 e. The van der Waals surface area contributed by atoms with Gasteiger partial charge in [-0.2, -0.15) is 5.10 Å². The lowest BCUT2D eigenvalue weighted by Gasteiger charge is -2.13. The van der Waals surface area contributed by atoms with Crippen molar-refractivity contribution in [2.24, 2.45) is 0 Å². The number of H-pyrrole nitrogens is 1. The third-order valence-electron chi connectivity index (χ3n) is 4.26. The molecule has 0 unspecified atom stereocenters. The molecule has 0 saturated carbocycles. The number of aromatic nitrogens is 3. The molecule has 2 aromatic carbocycles. The zero-order valence-corrected chi connectivity index (χ0v) is 14.2. The number of amides is 1. The molecule has 136 valence electrons. The maximum Gasteiger partial charge on any atom is 0.273 e. The first-order chi connectivity index (χ1) is 13.0. The summed E-state index contributed by atoms with van der Waals surface area (Å²) in [7, 11) is 0. The molecule has 2 heterocycles. The highest BCUT2D eigenvalue weighted by Gasteiger charge is 2.18. The number of carbonyl (C=O) groups excluding carboxylic acids is 1. The Kier molecular flexibility index (Phi) is 4.15. The van der Waals surface area contributed by atoms with Crippen LogP contribution in [0.4, 0.5) is 8.78 Å². The summed E-state index contributed by atoms with van der Waals surface area (Å²) in [5, 5.41) is 14.2. The number of nitrogens with zero attached hydrogens (tertiary/aromatic N) is 2. The fourth-order valence-electron chi connectivity index (χ4n) is 2.75. The van der Waals surface area contributed by atoms with E-state index in [4.69, 9.17) is 4.52 Å². The predicted molar refractivity (Wildman–Crippen MR) is 93.8 cm³/mol. The predicted octanol–water partition coefficient (Wildman–Crippen LogP) is 3.99. The number of hydrogen-bond donors (Lipinski definition) is 2. The fourth-order valence-corrected chi connectivity index (χ4v) is 2.75. The van der Waals surface area contributed by atoms with Gasteiger partial charge in [0.2, 0.25) is 0 Å². The minimum Gasteiger partial charge on any atom is -0.355 e. The molecule has 6 nitrogen and oxygen atoms in total. The standard InChI is InChI=1S/C19H14F2N4O2/c1-10(11-2-4-14(20)15(21)7-11)23-19(26)17-8-18(27-25-17)12-3-5-16-13(6-12)9-22-24-16/h2-10H,1H3,(H,22,24)(H,23,26)/t10-/m0/s1. The van der Waals surface area contributed by atoms with Crippen LogP contribution in [0.2, 0.25) is 0 Å². The van der Waals surface area contributed by atoms with E-state index in [1.807, 2.05) is 18.2 Å². The van der Waals surface area contributed by atoms with Crippen molar-refractivity contribution in [1.29, 1.82) is 0 Å². The molecule has 27 heavy (non-hydrogen) atoms. The summed E-state index contributed by atoms with van der Waals surface area (Å²) in [4.78, 5) is 12.4. The number of rotatable bonds is 4. The van der Waals surface area contributed by atoms with Crippen molar-refractivity contribution >= 4 is 16.8 Å². The zero-order chi connectivity index (χ0) is 19.0. The van der Waals surface area contributed by atoms with Gasteiger partial charge < -0.3 is 9.84 Å². The number of halogens is 2. The topological polar surface area (TPSA) is 83.8 Å². The van der Waals surface area contributed by atoms with Crippen LogP contribution in [-0.4, -0.2) is 21.3 Å². The van der Waals surface area contributed by atoms with Crippen molar-refractivity contribution in [2.75, 3.05) is 0 Å². The highest BCUT2D eigenvalue weighted by atomic mass is 19.2. The van der Waals surface area contributed by atoms with E-state index >= 15 is 0 Å². The molecule has 0 spiro atoms. The van der Waals surface area contributed by atoms with Gasteiger partial charge in [-0.1, -0.05) is 11.2 Å². The molecule has 0 radical (unpaired) electrons. The number of hydrogen-bond acceptors (Lipinski definition) is 4. The number of carbonyl (C=O) groups is 1. The lowest BCUT2D eigenvalue weighted by Crippen LogP contribution is -2.27. The van der Waals surface area contributed by atoms with Gasteiger partial charge in [0.25, 0.3) is 5.91 Å². The van der Waals surface area contributed by atoms with Crippen LogP contribution in [-0.2, 0) is 0 Å². The summed E-state index contributed by atoms with van der Waals surface area (Å²) >= 11 is 0. The average Bonchev–Trinajstić information content (AvgIpc) is 3.32. The average molecular weight is 368 g/mol. The fraction of sp³-hybridized carbons (Fsp3) is 0.105. The molecule has 4 aromatic rings. The third kappa shape index (κ3) is 3.29. The lowest BCUT2D eigenvalue weighted by atomic mass is 10.1. The molecule has 0 aliphatic heterocycles. The molecule has 0 bridgehead atoms. The van der Waals surface area contributed by atoms with Crippen LogP contribution in [0.5, 0.6) is 0 Å². The van der Waals surface area contributed by atoms with Gasteiger partial charge in [-0.3, -0.25) is 9.89 Å². The Hall–Kier alpha value is -3.55. The molecular weight excluding hydrogens is 354 g/mol. The summed E-state index contributed by atoms with van der Waals surface area (Å²) in [6.45, 7) is 1.67. The van der Waals surface area contributed by atoms with Crippen LogP contribution in [0.25, 0.3) is 22.2 Å². The van der Waals surface area contributed by atoms with Crippen molar-refractivity contribution in [3.63, 3.8) is 0 Å². The molecular formula is C19H14F2N4O2. The van der Waals surface area contributed by atoms with E-state index in [0.29, 0.717) is 11.3 Å². The van der Waals surface area contributed by atoms with Gasteiger partial charge in [0, 0.05) is 17.0 Å². The molecule has 1 atom stereocenters. The Labute approximate surface area is 152 Å². The van der Waals surface area contributed by atoms with Crippen LogP contribution in [0, 0.1) is 11.6 Å². The Bertz CT molecular complexity index is 1140. The van der Waals surface area contributed by atoms with Gasteiger partial charge in [0.15, 0.2) is 23.1 Å². The van der Waals surface area contributed by atoms with Gasteiger partial charge in [0.05, 0.1) is 17.8 Å². The Morgan fingerprint density at radius 1 is 1.15 bits per heavy atom. The monoisotopic (exact) mass is 368 g/mol. The van der Waals surface area contributed by atoms with Crippen LogP contribution < -0.4 is 5.32 Å². The lowest BCUT2D eigenvalue weighted by molar-refractivity contribution is 0.0930. The van der Waals surface area contributed by atoms with E-state index in [0.717, 1.165) is 28.6 Å². The molecule has 0 aliphatic carbocycles. The van der Waals surface area contributed by atoms with E-state index in [9.17, 15) is 13.6 Å². The Morgan fingerprint density at radius 3 is 2.81 bits per heavy atom. The first-order valence-electron chi connectivity index (χ1n) is 8.17. The van der Waals surface area contributed by atoms with Crippen molar-refractivity contribution in [1.82, 2.24) is 20.7 Å². The van der Waals surface area contributed by atoms with E-state index in [-0.39, 0.29) is 5.69 Å². The second kappa shape index (κ2) is 6.64. The molecule has 8 heteroatoms. The summed E-state index contributed by atoms with van der Waals surface area (Å²) in [6, 6.07) is 10.0. The van der Waals surface area contributed by atoms with Crippen molar-refractivity contribution in [2.45, 2.75) is 13.0 Å². The van der Waals surface area contributed by atoms with Crippen molar-refractivity contribution in [3.05, 3.63) is 71.6 Å². The maximum atomic E-state index is 13.4. The smallest absolute Gasteiger partial charge is 0.273 e. The number of aromatic amines is 1. The minimum absolute atomic E-state index is 0.0896. The second-order valence-electron chi connectivity index (χ2n) is 6.12. The third-order valence-corrected chi connectivity index (χ3v) is 4.26. The van der Waals surface area contributed by atoms with E-state index < -0.39 is 23.6 Å². The highest BCUT2D eigenvalue weighted by Crippen LogP contribution is 2.24. The molecule has 0 saturated heterocycles. The Morgan fingerprint density at radius 2 is 2.00 bits per heavy atom. The molecule has 2 aromatic heterocycles. The van der Waals surface area contributed by atoms with Crippen LogP contribution in [0.15, 0.2) is 53.2 Å². The van der Waals surface area contributed by atoms with E-state index in [1.54, 1.807) is 13.1 Å². The number of fused-ring (bicyclic) bond motifs is 1. The van der Waals surface area contributed by atoms with E-state index in [1.165, 1.54) is 12.1 Å². The first kappa shape index (κ1) is 16.9. The molecule has 4 rings (SSSR count). The minimum atomic E-state index is -0.966. The van der Waals surface area contributed by atoms with Crippen molar-refractivity contribution in [3.8, 4) is 11.3 Å². The second-order valence-corrected chi connectivity index (χ2v) is 6.12. The summed E-state index contributed by atoms with van der Waals surface area (Å²) in [6.07, 6.45) is 1.69. The molecule has 0 aliphatic rings.